The molecule has 3 nitrogen and oxygen atoms in total. The van der Waals surface area contributed by atoms with Gasteiger partial charge in [0, 0.05) is 22.1 Å². The van der Waals surface area contributed by atoms with Crippen molar-refractivity contribution in [2.45, 2.75) is 50.8 Å². The third-order valence-electron chi connectivity index (χ3n) is 4.01. The first-order valence-electron chi connectivity index (χ1n) is 7.14. The normalized spacial score (nSPS) is 18.0. The first-order chi connectivity index (χ1) is 10.0. The number of rotatable bonds is 6. The van der Waals surface area contributed by atoms with Crippen molar-refractivity contribution in [1.82, 2.24) is 5.32 Å². The summed E-state index contributed by atoms with van der Waals surface area (Å²) >= 11 is 3.34. The van der Waals surface area contributed by atoms with Gasteiger partial charge in [-0.05, 0) is 31.0 Å². The average Bonchev–Trinajstić information content (AvgIpc) is 2.48. The zero-order valence-electron chi connectivity index (χ0n) is 11.7. The highest BCUT2D eigenvalue weighted by molar-refractivity contribution is 9.10. The molecule has 0 amide bonds. The largest absolute Gasteiger partial charge is 0.434 e. The van der Waals surface area contributed by atoms with Crippen LogP contribution in [0.25, 0.3) is 0 Å². The number of alkyl halides is 2. The molecule has 1 saturated carbocycles. The zero-order valence-corrected chi connectivity index (χ0v) is 13.3. The van der Waals surface area contributed by atoms with Crippen molar-refractivity contribution in [1.29, 1.82) is 0 Å². The Kier molecular flexibility index (Phi) is 5.96. The molecule has 2 rings (SSSR count). The van der Waals surface area contributed by atoms with Crippen LogP contribution in [0, 0.1) is 0 Å². The van der Waals surface area contributed by atoms with Gasteiger partial charge < -0.3 is 15.2 Å². The molecule has 0 heterocycles. The van der Waals surface area contributed by atoms with E-state index in [1.165, 1.54) is 12.5 Å². The smallest absolute Gasteiger partial charge is 0.387 e. The number of hydrogen-bond donors (Lipinski definition) is 2. The summed E-state index contributed by atoms with van der Waals surface area (Å²) < 4.78 is 30.2. The molecule has 1 aromatic rings. The van der Waals surface area contributed by atoms with E-state index in [0.717, 1.165) is 30.2 Å². The summed E-state index contributed by atoms with van der Waals surface area (Å²) in [4.78, 5) is 0. The number of nitrogens with one attached hydrogen (secondary N) is 1. The van der Waals surface area contributed by atoms with Crippen molar-refractivity contribution >= 4 is 15.9 Å². The van der Waals surface area contributed by atoms with Gasteiger partial charge in [0.25, 0.3) is 0 Å². The summed E-state index contributed by atoms with van der Waals surface area (Å²) in [6.07, 6.45) is 5.14. The predicted octanol–water partition coefficient (Wildman–Crippen LogP) is 3.84. The zero-order chi connectivity index (χ0) is 15.3. The first kappa shape index (κ1) is 16.6. The molecule has 21 heavy (non-hydrogen) atoms. The maximum absolute atomic E-state index is 12.4. The van der Waals surface area contributed by atoms with Gasteiger partial charge in [-0.15, -0.1) is 0 Å². The first-order valence-corrected chi connectivity index (χ1v) is 7.93. The van der Waals surface area contributed by atoms with E-state index in [-0.39, 0.29) is 17.9 Å². The fourth-order valence-electron chi connectivity index (χ4n) is 2.80. The monoisotopic (exact) mass is 363 g/mol. The molecule has 118 valence electrons. The van der Waals surface area contributed by atoms with Crippen LogP contribution in [0.1, 0.15) is 37.7 Å². The maximum atomic E-state index is 12.4. The second kappa shape index (κ2) is 7.51. The van der Waals surface area contributed by atoms with Crippen LogP contribution in [-0.4, -0.2) is 23.9 Å². The highest BCUT2D eigenvalue weighted by Crippen LogP contribution is 2.30. The molecule has 2 N–H and O–H groups in total. The van der Waals surface area contributed by atoms with Crippen LogP contribution >= 0.6 is 15.9 Å². The quantitative estimate of drug-likeness (QED) is 0.806. The van der Waals surface area contributed by atoms with E-state index in [4.69, 9.17) is 0 Å². The second-order valence-corrected chi connectivity index (χ2v) is 6.40. The average molecular weight is 364 g/mol. The molecule has 0 unspecified atom stereocenters. The molecule has 0 aromatic heterocycles. The number of benzene rings is 1. The molecule has 0 atom stereocenters. The van der Waals surface area contributed by atoms with E-state index in [2.05, 4.69) is 26.0 Å². The Morgan fingerprint density at radius 2 is 2.00 bits per heavy atom. The standard InChI is InChI=1S/C15H20BrF2NO2/c16-12-4-5-13(21-14(17)18)11(8-12)9-19-15(10-20)6-2-1-3-7-15/h4-5,8,14,19-20H,1-3,6-7,9-10H2. The number of halogens is 3. The number of aliphatic hydroxyl groups excluding tert-OH is 1. The lowest BCUT2D eigenvalue weighted by atomic mass is 9.82. The van der Waals surface area contributed by atoms with Crippen LogP contribution < -0.4 is 10.1 Å². The molecule has 1 aromatic carbocycles. The van der Waals surface area contributed by atoms with Crippen molar-refractivity contribution in [3.05, 3.63) is 28.2 Å². The van der Waals surface area contributed by atoms with Gasteiger partial charge in [-0.1, -0.05) is 35.2 Å². The molecule has 6 heteroatoms. The van der Waals surface area contributed by atoms with Crippen molar-refractivity contribution in [2.24, 2.45) is 0 Å². The third kappa shape index (κ3) is 4.63. The van der Waals surface area contributed by atoms with Crippen LogP contribution in [0.15, 0.2) is 22.7 Å². The van der Waals surface area contributed by atoms with E-state index in [1.807, 2.05) is 0 Å². The van der Waals surface area contributed by atoms with Gasteiger partial charge >= 0.3 is 6.61 Å². The van der Waals surface area contributed by atoms with Crippen molar-refractivity contribution in [3.63, 3.8) is 0 Å². The maximum Gasteiger partial charge on any atom is 0.387 e. The molecular formula is C15H20BrF2NO2. The Balaban J connectivity index is 2.09. The summed E-state index contributed by atoms with van der Waals surface area (Å²) in [5.41, 5.74) is 0.353. The molecule has 1 aliphatic carbocycles. The Labute approximate surface area is 131 Å². The molecule has 1 aliphatic rings. The Bertz CT molecular complexity index is 465. The molecule has 0 aliphatic heterocycles. The van der Waals surface area contributed by atoms with E-state index in [1.54, 1.807) is 12.1 Å². The highest BCUT2D eigenvalue weighted by atomic mass is 79.9. The van der Waals surface area contributed by atoms with Gasteiger partial charge in [0.2, 0.25) is 0 Å². The summed E-state index contributed by atoms with van der Waals surface area (Å²) in [6.45, 7) is -2.39. The Morgan fingerprint density at radius 3 is 2.62 bits per heavy atom. The summed E-state index contributed by atoms with van der Waals surface area (Å²) in [6, 6.07) is 4.96. The van der Waals surface area contributed by atoms with Crippen molar-refractivity contribution < 1.29 is 18.6 Å². The van der Waals surface area contributed by atoms with E-state index >= 15 is 0 Å². The van der Waals surface area contributed by atoms with Gasteiger partial charge in [0.15, 0.2) is 0 Å². The minimum atomic E-state index is -2.84. The molecule has 0 saturated heterocycles. The van der Waals surface area contributed by atoms with Crippen LogP contribution in [0.5, 0.6) is 5.75 Å². The lowest BCUT2D eigenvalue weighted by Gasteiger charge is -2.37. The van der Waals surface area contributed by atoms with Gasteiger partial charge in [-0.3, -0.25) is 0 Å². The fourth-order valence-corrected chi connectivity index (χ4v) is 3.21. The van der Waals surface area contributed by atoms with Crippen LogP contribution in [0.4, 0.5) is 8.78 Å². The van der Waals surface area contributed by atoms with Crippen molar-refractivity contribution in [3.8, 4) is 5.75 Å². The van der Waals surface area contributed by atoms with Crippen LogP contribution in [0.2, 0.25) is 0 Å². The molecule has 0 radical (unpaired) electrons. The van der Waals surface area contributed by atoms with Gasteiger partial charge in [0.05, 0.1) is 6.61 Å². The van der Waals surface area contributed by atoms with Gasteiger partial charge in [0.1, 0.15) is 5.75 Å². The highest BCUT2D eigenvalue weighted by Gasteiger charge is 2.30. The van der Waals surface area contributed by atoms with Crippen LogP contribution in [0.3, 0.4) is 0 Å². The Hall–Kier alpha value is -0.720. The number of aliphatic hydroxyl groups is 1. The molecule has 1 fully saturated rings. The number of hydrogen-bond acceptors (Lipinski definition) is 3. The lowest BCUT2D eigenvalue weighted by molar-refractivity contribution is -0.0506. The summed E-state index contributed by atoms with van der Waals surface area (Å²) in [7, 11) is 0. The molecule has 0 bridgehead atoms. The van der Waals surface area contributed by atoms with Crippen LogP contribution in [-0.2, 0) is 6.54 Å². The minimum Gasteiger partial charge on any atom is -0.434 e. The number of ether oxygens (including phenoxy) is 1. The van der Waals surface area contributed by atoms with E-state index in [0.29, 0.717) is 12.1 Å². The molecule has 0 spiro atoms. The summed E-state index contributed by atoms with van der Waals surface area (Å²) in [5.74, 6) is 0.171. The minimum absolute atomic E-state index is 0.0615. The van der Waals surface area contributed by atoms with Gasteiger partial charge in [-0.25, -0.2) is 0 Å². The van der Waals surface area contributed by atoms with E-state index in [9.17, 15) is 13.9 Å². The van der Waals surface area contributed by atoms with Crippen molar-refractivity contribution in [2.75, 3.05) is 6.61 Å². The Morgan fingerprint density at radius 1 is 1.29 bits per heavy atom. The predicted molar refractivity (Wildman–Crippen MR) is 80.5 cm³/mol. The fraction of sp³-hybridized carbons (Fsp3) is 0.600. The summed E-state index contributed by atoms with van der Waals surface area (Å²) in [5, 5.41) is 13.0. The van der Waals surface area contributed by atoms with Gasteiger partial charge in [-0.2, -0.15) is 8.78 Å². The topological polar surface area (TPSA) is 41.5 Å². The molecular weight excluding hydrogens is 344 g/mol. The van der Waals surface area contributed by atoms with E-state index < -0.39 is 6.61 Å². The lowest BCUT2D eigenvalue weighted by Crippen LogP contribution is -2.49. The third-order valence-corrected chi connectivity index (χ3v) is 4.50. The SMILES string of the molecule is OCC1(NCc2cc(Br)ccc2OC(F)F)CCCCC1. The second-order valence-electron chi connectivity index (χ2n) is 5.48.